The molecular weight excluding hydrogens is 323 g/mol. The lowest BCUT2D eigenvalue weighted by Gasteiger charge is -2.16. The molecule has 0 aliphatic heterocycles. The molecule has 0 radical (unpaired) electrons. The first kappa shape index (κ1) is 15.0. The van der Waals surface area contributed by atoms with Gasteiger partial charge in [-0.15, -0.1) is 0 Å². The quantitative estimate of drug-likeness (QED) is 0.895. The zero-order valence-electron chi connectivity index (χ0n) is 11.1. The topological polar surface area (TPSA) is 29.5 Å². The van der Waals surface area contributed by atoms with Gasteiger partial charge in [-0.3, -0.25) is 0 Å². The Balaban J connectivity index is 2.27. The Kier molecular flexibility index (Phi) is 5.15. The van der Waals surface area contributed by atoms with Crippen LogP contribution in [0.2, 0.25) is 0 Å². The van der Waals surface area contributed by atoms with Crippen LogP contribution in [0.15, 0.2) is 46.9 Å². The predicted octanol–water partition coefficient (Wildman–Crippen LogP) is 3.92. The zero-order valence-corrected chi connectivity index (χ0v) is 12.7. The maximum atomic E-state index is 14.1. The molecule has 1 N–H and O–H groups in total. The fraction of sp³-hybridized carbons (Fsp3) is 0.250. The number of benzene rings is 2. The van der Waals surface area contributed by atoms with Crippen molar-refractivity contribution in [2.45, 2.75) is 12.3 Å². The van der Waals surface area contributed by atoms with Crippen LogP contribution in [0.25, 0.3) is 0 Å². The molecule has 0 aliphatic rings. The number of aliphatic hydroxyl groups is 1. The van der Waals surface area contributed by atoms with E-state index in [0.717, 1.165) is 10.0 Å². The van der Waals surface area contributed by atoms with Crippen LogP contribution in [0.3, 0.4) is 0 Å². The van der Waals surface area contributed by atoms with Gasteiger partial charge >= 0.3 is 0 Å². The number of aliphatic hydroxyl groups excluding tert-OH is 1. The van der Waals surface area contributed by atoms with Crippen molar-refractivity contribution in [2.24, 2.45) is 0 Å². The minimum Gasteiger partial charge on any atom is -0.494 e. The van der Waals surface area contributed by atoms with Crippen LogP contribution in [0, 0.1) is 5.82 Å². The van der Waals surface area contributed by atoms with Gasteiger partial charge in [-0.2, -0.15) is 0 Å². The van der Waals surface area contributed by atoms with Crippen LogP contribution < -0.4 is 4.74 Å². The Hall–Kier alpha value is -1.39. The number of rotatable bonds is 5. The van der Waals surface area contributed by atoms with E-state index < -0.39 is 0 Å². The van der Waals surface area contributed by atoms with Gasteiger partial charge < -0.3 is 9.84 Å². The fourth-order valence-corrected chi connectivity index (χ4v) is 2.60. The molecule has 0 amide bonds. The van der Waals surface area contributed by atoms with E-state index in [9.17, 15) is 9.50 Å². The highest BCUT2D eigenvalue weighted by Gasteiger charge is 2.16. The first-order chi connectivity index (χ1) is 9.65. The Morgan fingerprint density at radius 2 is 2.00 bits per heavy atom. The fourth-order valence-electron chi connectivity index (χ4n) is 2.19. The van der Waals surface area contributed by atoms with Crippen molar-refractivity contribution in [1.29, 1.82) is 0 Å². The summed E-state index contributed by atoms with van der Waals surface area (Å²) >= 11 is 3.41. The van der Waals surface area contributed by atoms with Gasteiger partial charge in [0.05, 0.1) is 13.7 Å². The summed E-state index contributed by atoms with van der Waals surface area (Å²) in [7, 11) is 1.44. The number of hydrogen-bond acceptors (Lipinski definition) is 2. The number of halogens is 2. The Morgan fingerprint density at radius 3 is 2.65 bits per heavy atom. The molecule has 1 unspecified atom stereocenters. The van der Waals surface area contributed by atoms with Gasteiger partial charge in [0.15, 0.2) is 11.6 Å². The standard InChI is InChI=1S/C16H16BrFO2/c1-20-15-7-3-5-12(16(15)18)8-13(10-19)11-4-2-6-14(17)9-11/h2-7,9,13,19H,8,10H2,1H3. The van der Waals surface area contributed by atoms with Crippen molar-refractivity contribution in [1.82, 2.24) is 0 Å². The van der Waals surface area contributed by atoms with Gasteiger partial charge in [-0.25, -0.2) is 4.39 Å². The third-order valence-electron chi connectivity index (χ3n) is 3.27. The molecular formula is C16H16BrFO2. The molecule has 1 atom stereocenters. The molecule has 2 nitrogen and oxygen atoms in total. The summed E-state index contributed by atoms with van der Waals surface area (Å²) in [4.78, 5) is 0. The van der Waals surface area contributed by atoms with E-state index in [4.69, 9.17) is 4.74 Å². The van der Waals surface area contributed by atoms with Crippen LogP contribution in [0.4, 0.5) is 4.39 Å². The van der Waals surface area contributed by atoms with E-state index >= 15 is 0 Å². The number of hydrogen-bond donors (Lipinski definition) is 1. The third kappa shape index (κ3) is 3.38. The Morgan fingerprint density at radius 1 is 1.25 bits per heavy atom. The molecule has 2 rings (SSSR count). The first-order valence-electron chi connectivity index (χ1n) is 6.33. The van der Waals surface area contributed by atoms with Gasteiger partial charge in [0.1, 0.15) is 0 Å². The molecule has 106 valence electrons. The van der Waals surface area contributed by atoms with E-state index in [-0.39, 0.29) is 24.1 Å². The third-order valence-corrected chi connectivity index (χ3v) is 3.76. The van der Waals surface area contributed by atoms with Crippen molar-refractivity contribution < 1.29 is 14.2 Å². The second kappa shape index (κ2) is 6.86. The molecule has 2 aromatic rings. The zero-order chi connectivity index (χ0) is 14.5. The molecule has 20 heavy (non-hydrogen) atoms. The summed E-state index contributed by atoms with van der Waals surface area (Å²) in [6.45, 7) is -0.0346. The molecule has 0 fully saturated rings. The van der Waals surface area contributed by atoms with Crippen LogP contribution in [0.1, 0.15) is 17.0 Å². The largest absolute Gasteiger partial charge is 0.494 e. The Bertz CT molecular complexity index is 586. The monoisotopic (exact) mass is 338 g/mol. The van der Waals surface area contributed by atoms with Crippen molar-refractivity contribution in [2.75, 3.05) is 13.7 Å². The van der Waals surface area contributed by atoms with Crippen molar-refractivity contribution in [3.05, 3.63) is 63.9 Å². The van der Waals surface area contributed by atoms with Crippen molar-refractivity contribution >= 4 is 15.9 Å². The lowest BCUT2D eigenvalue weighted by Crippen LogP contribution is -2.09. The molecule has 0 heterocycles. The minimum absolute atomic E-state index is 0.0346. The van der Waals surface area contributed by atoms with Crippen LogP contribution >= 0.6 is 15.9 Å². The summed E-state index contributed by atoms with van der Waals surface area (Å²) in [6.07, 6.45) is 0.427. The Labute approximate surface area is 126 Å². The molecule has 0 saturated carbocycles. The number of methoxy groups -OCH3 is 1. The normalized spacial score (nSPS) is 12.2. The van der Waals surface area contributed by atoms with E-state index in [1.54, 1.807) is 18.2 Å². The number of ether oxygens (including phenoxy) is 1. The van der Waals surface area contributed by atoms with Gasteiger partial charge in [0.25, 0.3) is 0 Å². The molecule has 2 aromatic carbocycles. The summed E-state index contributed by atoms with van der Waals surface area (Å²) in [5.74, 6) is -0.272. The molecule has 0 spiro atoms. The maximum Gasteiger partial charge on any atom is 0.168 e. The molecule has 4 heteroatoms. The molecule has 0 saturated heterocycles. The lowest BCUT2D eigenvalue weighted by molar-refractivity contribution is 0.263. The van der Waals surface area contributed by atoms with Crippen molar-refractivity contribution in [3.8, 4) is 5.75 Å². The first-order valence-corrected chi connectivity index (χ1v) is 7.12. The highest BCUT2D eigenvalue weighted by Crippen LogP contribution is 2.27. The second-order valence-corrected chi connectivity index (χ2v) is 5.49. The van der Waals surface area contributed by atoms with Gasteiger partial charge in [0, 0.05) is 10.4 Å². The lowest BCUT2D eigenvalue weighted by atomic mass is 9.92. The van der Waals surface area contributed by atoms with E-state index in [2.05, 4.69) is 15.9 Å². The molecule has 0 bridgehead atoms. The second-order valence-electron chi connectivity index (χ2n) is 4.57. The van der Waals surface area contributed by atoms with Gasteiger partial charge in [-0.05, 0) is 35.7 Å². The smallest absolute Gasteiger partial charge is 0.168 e. The molecule has 0 aromatic heterocycles. The summed E-state index contributed by atoms with van der Waals surface area (Å²) in [5.41, 5.74) is 1.52. The van der Waals surface area contributed by atoms with E-state index in [0.29, 0.717) is 12.0 Å². The van der Waals surface area contributed by atoms with Gasteiger partial charge in [-0.1, -0.05) is 40.2 Å². The average Bonchev–Trinajstić information content (AvgIpc) is 2.46. The van der Waals surface area contributed by atoms with Crippen LogP contribution in [-0.4, -0.2) is 18.8 Å². The molecule has 0 aliphatic carbocycles. The van der Waals surface area contributed by atoms with E-state index in [1.807, 2.05) is 24.3 Å². The van der Waals surface area contributed by atoms with Crippen molar-refractivity contribution in [3.63, 3.8) is 0 Å². The van der Waals surface area contributed by atoms with Crippen LogP contribution in [-0.2, 0) is 6.42 Å². The van der Waals surface area contributed by atoms with Crippen LogP contribution in [0.5, 0.6) is 5.75 Å². The summed E-state index contributed by atoms with van der Waals surface area (Å²) < 4.78 is 20.1. The predicted molar refractivity (Wildman–Crippen MR) is 80.6 cm³/mol. The maximum absolute atomic E-state index is 14.1. The SMILES string of the molecule is COc1cccc(CC(CO)c2cccc(Br)c2)c1F. The summed E-state index contributed by atoms with van der Waals surface area (Å²) in [6, 6.07) is 12.8. The average molecular weight is 339 g/mol. The highest BCUT2D eigenvalue weighted by molar-refractivity contribution is 9.10. The highest BCUT2D eigenvalue weighted by atomic mass is 79.9. The van der Waals surface area contributed by atoms with E-state index in [1.165, 1.54) is 7.11 Å². The minimum atomic E-state index is -0.358. The van der Waals surface area contributed by atoms with Gasteiger partial charge in [0.2, 0.25) is 0 Å². The summed E-state index contributed by atoms with van der Waals surface area (Å²) in [5, 5.41) is 9.58.